The molecule has 0 bridgehead atoms. The van der Waals surface area contributed by atoms with Crippen molar-refractivity contribution in [2.24, 2.45) is 0 Å². The summed E-state index contributed by atoms with van der Waals surface area (Å²) >= 11 is 1.40. The van der Waals surface area contributed by atoms with Gasteiger partial charge in [-0.3, -0.25) is 9.69 Å². The van der Waals surface area contributed by atoms with Crippen LogP contribution in [-0.4, -0.2) is 38.7 Å². The summed E-state index contributed by atoms with van der Waals surface area (Å²) in [7, 11) is 0. The Labute approximate surface area is 127 Å². The lowest BCUT2D eigenvalue weighted by Gasteiger charge is -2.36. The molecule has 110 valence electrons. The summed E-state index contributed by atoms with van der Waals surface area (Å²) in [4.78, 5) is 27.6. The van der Waals surface area contributed by atoms with Crippen molar-refractivity contribution in [2.75, 3.05) is 6.54 Å². The SMILES string of the molecule is CC(C)N1CCC(=O)N(Cc2nsc3ccccc23)C1=O. The second kappa shape index (κ2) is 5.44. The van der Waals surface area contributed by atoms with Crippen LogP contribution in [0.4, 0.5) is 4.79 Å². The van der Waals surface area contributed by atoms with Gasteiger partial charge < -0.3 is 4.90 Å². The molecule has 5 nitrogen and oxygen atoms in total. The minimum Gasteiger partial charge on any atom is -0.321 e. The van der Waals surface area contributed by atoms with Gasteiger partial charge >= 0.3 is 6.03 Å². The van der Waals surface area contributed by atoms with Gasteiger partial charge in [0, 0.05) is 24.4 Å². The smallest absolute Gasteiger partial charge is 0.321 e. The topological polar surface area (TPSA) is 53.5 Å². The zero-order valence-corrected chi connectivity index (χ0v) is 12.9. The van der Waals surface area contributed by atoms with Gasteiger partial charge in [0.25, 0.3) is 0 Å². The van der Waals surface area contributed by atoms with Crippen LogP contribution in [0.3, 0.4) is 0 Å². The standard InChI is InChI=1S/C15H17N3O2S/c1-10(2)17-8-7-14(19)18(15(17)20)9-12-11-5-3-4-6-13(11)21-16-12/h3-6,10H,7-9H2,1-2H3. The fourth-order valence-electron chi connectivity index (χ4n) is 2.55. The molecule has 3 rings (SSSR count). The fourth-order valence-corrected chi connectivity index (χ4v) is 3.33. The van der Waals surface area contributed by atoms with Gasteiger partial charge in [-0.25, -0.2) is 4.79 Å². The van der Waals surface area contributed by atoms with Gasteiger partial charge in [-0.15, -0.1) is 0 Å². The first kappa shape index (κ1) is 14.0. The number of nitrogens with zero attached hydrogens (tertiary/aromatic N) is 3. The molecule has 3 amide bonds. The molecular formula is C15H17N3O2S. The van der Waals surface area contributed by atoms with E-state index in [1.807, 2.05) is 38.1 Å². The lowest BCUT2D eigenvalue weighted by atomic mass is 10.2. The fraction of sp³-hybridized carbons (Fsp3) is 0.400. The highest BCUT2D eigenvalue weighted by atomic mass is 32.1. The van der Waals surface area contributed by atoms with Crippen molar-refractivity contribution in [3.8, 4) is 0 Å². The lowest BCUT2D eigenvalue weighted by Crippen LogP contribution is -2.54. The van der Waals surface area contributed by atoms with Gasteiger partial charge in [-0.2, -0.15) is 4.37 Å². The molecular weight excluding hydrogens is 286 g/mol. The predicted octanol–water partition coefficient (Wildman–Crippen LogP) is 2.86. The molecule has 21 heavy (non-hydrogen) atoms. The molecule has 1 saturated heterocycles. The molecule has 6 heteroatoms. The molecule has 0 spiro atoms. The van der Waals surface area contributed by atoms with Crippen LogP contribution in [0.25, 0.3) is 10.1 Å². The first-order chi connectivity index (χ1) is 10.1. The summed E-state index contributed by atoms with van der Waals surface area (Å²) in [5, 5.41) is 1.02. The predicted molar refractivity (Wildman–Crippen MR) is 82.0 cm³/mol. The quantitative estimate of drug-likeness (QED) is 0.876. The third kappa shape index (κ3) is 2.51. The molecule has 0 unspecified atom stereocenters. The summed E-state index contributed by atoms with van der Waals surface area (Å²) in [6, 6.07) is 7.77. The first-order valence-electron chi connectivity index (χ1n) is 7.02. The Balaban J connectivity index is 1.88. The van der Waals surface area contributed by atoms with Gasteiger partial charge in [0.15, 0.2) is 0 Å². The highest BCUT2D eigenvalue weighted by molar-refractivity contribution is 7.13. The summed E-state index contributed by atoms with van der Waals surface area (Å²) in [5.41, 5.74) is 0.794. The number of carbonyl (C=O) groups is 2. The Morgan fingerprint density at radius 3 is 2.81 bits per heavy atom. The van der Waals surface area contributed by atoms with Gasteiger partial charge in [-0.05, 0) is 31.4 Å². The summed E-state index contributed by atoms with van der Waals surface area (Å²) in [5.74, 6) is -0.117. The van der Waals surface area contributed by atoms with E-state index >= 15 is 0 Å². The molecule has 1 aliphatic rings. The first-order valence-corrected chi connectivity index (χ1v) is 7.79. The van der Waals surface area contributed by atoms with Crippen LogP contribution in [0, 0.1) is 0 Å². The van der Waals surface area contributed by atoms with Crippen molar-refractivity contribution in [3.63, 3.8) is 0 Å². The average Bonchev–Trinajstić information content (AvgIpc) is 2.86. The normalized spacial score (nSPS) is 16.3. The summed E-state index contributed by atoms with van der Waals surface area (Å²) in [6.07, 6.45) is 0.381. The minimum atomic E-state index is -0.210. The molecule has 0 aliphatic carbocycles. The van der Waals surface area contributed by atoms with E-state index in [1.54, 1.807) is 4.90 Å². The maximum atomic E-state index is 12.4. The molecule has 0 atom stereocenters. The Kier molecular flexibility index (Phi) is 3.63. The second-order valence-electron chi connectivity index (χ2n) is 5.43. The molecule has 1 fully saturated rings. The monoisotopic (exact) mass is 303 g/mol. The van der Waals surface area contributed by atoms with Crippen LogP contribution in [0.5, 0.6) is 0 Å². The third-order valence-corrected chi connectivity index (χ3v) is 4.59. The number of fused-ring (bicyclic) bond motifs is 1. The van der Waals surface area contributed by atoms with Crippen molar-refractivity contribution >= 4 is 33.6 Å². The highest BCUT2D eigenvalue weighted by Crippen LogP contribution is 2.25. The maximum absolute atomic E-state index is 12.4. The van der Waals surface area contributed by atoms with Crippen LogP contribution in [0.1, 0.15) is 26.0 Å². The number of aromatic nitrogens is 1. The van der Waals surface area contributed by atoms with Crippen LogP contribution >= 0.6 is 11.5 Å². The van der Waals surface area contributed by atoms with Crippen molar-refractivity contribution in [2.45, 2.75) is 32.9 Å². The minimum absolute atomic E-state index is 0.0975. The number of rotatable bonds is 3. The molecule has 1 aromatic carbocycles. The van der Waals surface area contributed by atoms with Crippen LogP contribution in [0.2, 0.25) is 0 Å². The van der Waals surface area contributed by atoms with Crippen LogP contribution in [0.15, 0.2) is 24.3 Å². The van der Waals surface area contributed by atoms with Crippen LogP contribution in [-0.2, 0) is 11.3 Å². The van der Waals surface area contributed by atoms with E-state index in [-0.39, 0.29) is 24.5 Å². The number of carbonyl (C=O) groups excluding carboxylic acids is 2. The zero-order valence-electron chi connectivity index (χ0n) is 12.1. The van der Waals surface area contributed by atoms with Gasteiger partial charge in [0.05, 0.1) is 16.9 Å². The molecule has 2 heterocycles. The van der Waals surface area contributed by atoms with Gasteiger partial charge in [-0.1, -0.05) is 18.2 Å². The van der Waals surface area contributed by atoms with E-state index in [2.05, 4.69) is 4.37 Å². The number of hydrogen-bond acceptors (Lipinski definition) is 4. The summed E-state index contributed by atoms with van der Waals surface area (Å²) in [6.45, 7) is 4.68. The molecule has 1 aliphatic heterocycles. The third-order valence-electron chi connectivity index (χ3n) is 3.73. The number of amides is 3. The van der Waals surface area contributed by atoms with E-state index in [4.69, 9.17) is 0 Å². The van der Waals surface area contributed by atoms with Crippen molar-refractivity contribution in [1.82, 2.24) is 14.2 Å². The molecule has 0 radical (unpaired) electrons. The Morgan fingerprint density at radius 1 is 1.29 bits per heavy atom. The summed E-state index contributed by atoms with van der Waals surface area (Å²) < 4.78 is 5.48. The number of urea groups is 1. The van der Waals surface area contributed by atoms with Crippen molar-refractivity contribution < 1.29 is 9.59 Å². The highest BCUT2D eigenvalue weighted by Gasteiger charge is 2.33. The van der Waals surface area contributed by atoms with Crippen molar-refractivity contribution in [1.29, 1.82) is 0 Å². The van der Waals surface area contributed by atoms with E-state index in [1.165, 1.54) is 16.4 Å². The largest absolute Gasteiger partial charge is 0.327 e. The Hall–Kier alpha value is -1.95. The van der Waals surface area contributed by atoms with E-state index in [0.717, 1.165) is 15.8 Å². The molecule has 2 aromatic rings. The van der Waals surface area contributed by atoms with Gasteiger partial charge in [0.2, 0.25) is 5.91 Å². The second-order valence-corrected chi connectivity index (χ2v) is 6.23. The molecule has 0 N–H and O–H groups in total. The average molecular weight is 303 g/mol. The maximum Gasteiger partial charge on any atom is 0.327 e. The molecule has 0 saturated carbocycles. The molecule has 1 aromatic heterocycles. The number of imide groups is 1. The van der Waals surface area contributed by atoms with Gasteiger partial charge in [0.1, 0.15) is 0 Å². The lowest BCUT2D eigenvalue weighted by molar-refractivity contribution is -0.131. The number of benzene rings is 1. The Morgan fingerprint density at radius 2 is 2.05 bits per heavy atom. The van der Waals surface area contributed by atoms with E-state index in [0.29, 0.717) is 13.0 Å². The van der Waals surface area contributed by atoms with Crippen molar-refractivity contribution in [3.05, 3.63) is 30.0 Å². The van der Waals surface area contributed by atoms with Crippen LogP contribution < -0.4 is 0 Å². The Bertz CT molecular complexity index is 695. The zero-order chi connectivity index (χ0) is 15.0. The number of hydrogen-bond donors (Lipinski definition) is 0. The van der Waals surface area contributed by atoms with E-state index < -0.39 is 0 Å². The van der Waals surface area contributed by atoms with E-state index in [9.17, 15) is 9.59 Å².